The van der Waals surface area contributed by atoms with Crippen molar-refractivity contribution in [1.29, 1.82) is 0 Å². The number of halogens is 4. The molecule has 1 fully saturated rings. The van der Waals surface area contributed by atoms with Gasteiger partial charge in [-0.3, -0.25) is 14.4 Å². The van der Waals surface area contributed by atoms with Crippen LogP contribution in [0.4, 0.5) is 18.9 Å². The van der Waals surface area contributed by atoms with Crippen LogP contribution in [-0.4, -0.2) is 84.4 Å². The lowest BCUT2D eigenvalue weighted by molar-refractivity contribution is -0.137. The van der Waals surface area contributed by atoms with Crippen molar-refractivity contribution in [3.8, 4) is 11.6 Å². The van der Waals surface area contributed by atoms with Gasteiger partial charge in [0.15, 0.2) is 11.5 Å². The largest absolute Gasteiger partial charge is 0.501 e. The highest BCUT2D eigenvalue weighted by atomic mass is 35.5. The Balaban J connectivity index is 1.25. The van der Waals surface area contributed by atoms with Crippen LogP contribution < -0.4 is 15.6 Å². The number of alkyl halides is 3. The van der Waals surface area contributed by atoms with Crippen molar-refractivity contribution in [2.45, 2.75) is 56.7 Å². The number of piperidine rings is 1. The number of likely N-dealkylation sites (tertiary alicyclic amines) is 1. The number of nitrogens with zero attached hydrogens (tertiary/aromatic N) is 7. The predicted octanol–water partition coefficient (Wildman–Crippen LogP) is 4.19. The quantitative estimate of drug-likeness (QED) is 0.294. The molecule has 3 aromatic heterocycles. The molecule has 5 heterocycles. The van der Waals surface area contributed by atoms with Gasteiger partial charge in [-0.1, -0.05) is 24.6 Å². The number of aromatic hydroxyl groups is 1. The number of hydrogen-bond donors (Lipinski definition) is 2. The molecule has 2 aliphatic heterocycles. The summed E-state index contributed by atoms with van der Waals surface area (Å²) in [5.41, 5.74) is -0.360. The van der Waals surface area contributed by atoms with Gasteiger partial charge in [-0.15, -0.1) is 5.10 Å². The second-order valence-electron chi connectivity index (χ2n) is 12.9. The Bertz CT molecular complexity index is 2160. The number of rotatable bonds is 6. The maximum atomic E-state index is 14.4. The minimum absolute atomic E-state index is 0.00760. The Morgan fingerprint density at radius 3 is 2.65 bits per heavy atom. The highest BCUT2D eigenvalue weighted by Crippen LogP contribution is 2.50. The molecule has 1 saturated heterocycles. The molecule has 0 bridgehead atoms. The second-order valence-corrected chi connectivity index (χ2v) is 13.3. The third kappa shape index (κ3) is 6.07. The smallest absolute Gasteiger partial charge is 0.416 e. The summed E-state index contributed by atoms with van der Waals surface area (Å²) in [4.78, 5) is 55.5. The van der Waals surface area contributed by atoms with E-state index in [2.05, 4.69) is 20.4 Å². The molecule has 3 aliphatic rings. The van der Waals surface area contributed by atoms with Crippen LogP contribution in [0.15, 0.2) is 35.4 Å². The van der Waals surface area contributed by atoms with Crippen LogP contribution in [0.5, 0.6) is 11.6 Å². The van der Waals surface area contributed by atoms with Crippen LogP contribution in [0, 0.1) is 0 Å². The summed E-state index contributed by atoms with van der Waals surface area (Å²) in [5.74, 6) is -1.47. The summed E-state index contributed by atoms with van der Waals surface area (Å²) < 4.78 is 53.0. The molecule has 0 radical (unpaired) electrons. The lowest BCUT2D eigenvalue weighted by Crippen LogP contribution is -2.46. The molecule has 1 atom stereocenters. The van der Waals surface area contributed by atoms with E-state index in [4.69, 9.17) is 26.1 Å². The summed E-state index contributed by atoms with van der Waals surface area (Å²) in [5, 5.41) is 17.4. The zero-order valence-electron chi connectivity index (χ0n) is 27.5. The molecular weight excluding hydrogens is 697 g/mol. The Hall–Kier alpha value is -5.03. The highest BCUT2D eigenvalue weighted by molar-refractivity contribution is 6.33. The fourth-order valence-corrected chi connectivity index (χ4v) is 7.65. The van der Waals surface area contributed by atoms with E-state index in [1.54, 1.807) is 9.47 Å². The van der Waals surface area contributed by atoms with E-state index in [1.807, 2.05) is 13.0 Å². The number of ether oxygens (including phenoxy) is 2. The SMILES string of the molecule is COc1ncnc(C(=O)N2CCC3(CC2)CC(C)c2c3c(=O)n3nc(C4=CCOCC4)nc3n2CC(=O)Nc2ccc(C(F)(F)F)cc2Cl)c1O. The molecule has 18 heteroatoms. The number of benzene rings is 1. The fraction of sp³-hybridized carbons (Fsp3) is 0.424. The minimum atomic E-state index is -4.61. The van der Waals surface area contributed by atoms with Crippen molar-refractivity contribution in [1.82, 2.24) is 34.0 Å². The van der Waals surface area contributed by atoms with Gasteiger partial charge in [-0.25, -0.2) is 4.98 Å². The zero-order valence-corrected chi connectivity index (χ0v) is 28.2. The van der Waals surface area contributed by atoms with Gasteiger partial charge < -0.3 is 29.4 Å². The van der Waals surface area contributed by atoms with Gasteiger partial charge in [0, 0.05) is 29.8 Å². The van der Waals surface area contributed by atoms with Crippen molar-refractivity contribution in [2.24, 2.45) is 0 Å². The average Bonchev–Trinajstić information content (AvgIpc) is 3.68. The molecular formula is C33H32ClF3N8O6. The lowest BCUT2D eigenvalue weighted by Gasteiger charge is -2.39. The van der Waals surface area contributed by atoms with E-state index >= 15 is 0 Å². The van der Waals surface area contributed by atoms with E-state index < -0.39 is 34.7 Å². The topological polar surface area (TPSA) is 166 Å². The summed E-state index contributed by atoms with van der Waals surface area (Å²) in [6.07, 6.45) is 0.220. The van der Waals surface area contributed by atoms with Crippen molar-refractivity contribution in [3.05, 3.63) is 74.3 Å². The molecule has 51 heavy (non-hydrogen) atoms. The highest BCUT2D eigenvalue weighted by Gasteiger charge is 2.49. The van der Waals surface area contributed by atoms with E-state index in [9.17, 15) is 32.7 Å². The minimum Gasteiger partial charge on any atom is -0.501 e. The first-order chi connectivity index (χ1) is 24.3. The molecule has 268 valence electrons. The first-order valence-electron chi connectivity index (χ1n) is 16.2. The number of carbonyl (C=O) groups excluding carboxylic acids is 2. The molecule has 4 aromatic rings. The Kier molecular flexibility index (Phi) is 8.73. The normalized spacial score (nSPS) is 18.5. The van der Waals surface area contributed by atoms with Gasteiger partial charge in [0.2, 0.25) is 17.4 Å². The van der Waals surface area contributed by atoms with Gasteiger partial charge in [-0.2, -0.15) is 27.7 Å². The van der Waals surface area contributed by atoms with Gasteiger partial charge in [0.25, 0.3) is 17.3 Å². The number of hydrogen-bond acceptors (Lipinski definition) is 10. The van der Waals surface area contributed by atoms with Crippen molar-refractivity contribution >= 4 is 40.5 Å². The third-order valence-corrected chi connectivity index (χ3v) is 10.1. The van der Waals surface area contributed by atoms with E-state index in [-0.39, 0.29) is 59.2 Å². The lowest BCUT2D eigenvalue weighted by atomic mass is 9.73. The van der Waals surface area contributed by atoms with Crippen LogP contribution in [0.2, 0.25) is 5.02 Å². The van der Waals surface area contributed by atoms with Gasteiger partial charge in [0.1, 0.15) is 12.9 Å². The van der Waals surface area contributed by atoms with E-state index in [0.29, 0.717) is 56.0 Å². The molecule has 1 aliphatic carbocycles. The summed E-state index contributed by atoms with van der Waals surface area (Å²) >= 11 is 6.14. The van der Waals surface area contributed by atoms with Crippen LogP contribution in [0.25, 0.3) is 11.4 Å². The molecule has 1 spiro atoms. The van der Waals surface area contributed by atoms with Crippen LogP contribution in [0.1, 0.15) is 71.7 Å². The number of fused-ring (bicyclic) bond motifs is 3. The molecule has 7 rings (SSSR count). The number of anilines is 1. The number of carbonyl (C=O) groups is 2. The summed E-state index contributed by atoms with van der Waals surface area (Å²) in [6.45, 7) is 2.91. The number of amides is 2. The predicted molar refractivity (Wildman–Crippen MR) is 176 cm³/mol. The van der Waals surface area contributed by atoms with Gasteiger partial charge in [-0.05, 0) is 55.4 Å². The molecule has 1 aromatic carbocycles. The third-order valence-electron chi connectivity index (χ3n) is 9.79. The Morgan fingerprint density at radius 1 is 1.22 bits per heavy atom. The molecule has 2 N–H and O–H groups in total. The second kappa shape index (κ2) is 12.9. The first kappa shape index (κ1) is 34.4. The van der Waals surface area contributed by atoms with Gasteiger partial charge >= 0.3 is 6.18 Å². The fourth-order valence-electron chi connectivity index (χ4n) is 7.43. The van der Waals surface area contributed by atoms with E-state index in [1.165, 1.54) is 11.6 Å². The zero-order chi connectivity index (χ0) is 36.2. The molecule has 2 amide bonds. The maximum Gasteiger partial charge on any atom is 0.416 e. The van der Waals surface area contributed by atoms with Crippen molar-refractivity contribution in [3.63, 3.8) is 0 Å². The van der Waals surface area contributed by atoms with Crippen LogP contribution in [0.3, 0.4) is 0 Å². The average molecular weight is 729 g/mol. The summed E-state index contributed by atoms with van der Waals surface area (Å²) in [7, 11) is 1.32. The molecule has 1 unspecified atom stereocenters. The Morgan fingerprint density at radius 2 is 1.98 bits per heavy atom. The number of aromatic nitrogens is 6. The van der Waals surface area contributed by atoms with Crippen LogP contribution in [-0.2, 0) is 27.7 Å². The molecule has 0 saturated carbocycles. The van der Waals surface area contributed by atoms with E-state index in [0.717, 1.165) is 30.1 Å². The van der Waals surface area contributed by atoms with Crippen molar-refractivity contribution < 1.29 is 37.3 Å². The number of methoxy groups -OCH3 is 1. The van der Waals surface area contributed by atoms with Crippen molar-refractivity contribution in [2.75, 3.05) is 38.7 Å². The summed E-state index contributed by atoms with van der Waals surface area (Å²) in [6, 6.07) is 2.66. The monoisotopic (exact) mass is 728 g/mol. The maximum absolute atomic E-state index is 14.4. The van der Waals surface area contributed by atoms with Gasteiger partial charge in [0.05, 0.1) is 36.6 Å². The first-order valence-corrected chi connectivity index (χ1v) is 16.5. The van der Waals surface area contributed by atoms with Crippen LogP contribution >= 0.6 is 11.6 Å². The number of nitrogens with one attached hydrogen (secondary N) is 1. The standard InChI is InChI=1S/C33H32ClF3N8O6/c1-17-14-32(7-9-43(10-8-32)30(49)24-26(47)28(50-2)39-16-38-24)23-25(17)44(15-22(46)40-21-4-3-19(13-20(21)34)33(35,36)37)31-41-27(42-45(31)29(23)48)18-5-11-51-12-6-18/h3-5,13,16-17,47H,6-12,14-15H2,1-2H3,(H,40,46). The Labute approximate surface area is 292 Å². The molecule has 14 nitrogen and oxygen atoms in total.